The number of aliphatic hydroxyl groups is 1. The highest BCUT2D eigenvalue weighted by Crippen LogP contribution is 2.38. The van der Waals surface area contributed by atoms with Crippen molar-refractivity contribution in [2.75, 3.05) is 26.2 Å². The van der Waals surface area contributed by atoms with E-state index in [1.807, 2.05) is 0 Å². The van der Waals surface area contributed by atoms with Crippen LogP contribution in [0.3, 0.4) is 0 Å². The average molecular weight is 309 g/mol. The number of nitrogens with zero attached hydrogens (tertiary/aromatic N) is 1. The largest absolute Gasteiger partial charge is 0.396 e. The van der Waals surface area contributed by atoms with Crippen molar-refractivity contribution < 1.29 is 5.11 Å². The van der Waals surface area contributed by atoms with Crippen molar-refractivity contribution in [3.8, 4) is 0 Å². The molecule has 3 aliphatic rings. The van der Waals surface area contributed by atoms with Crippen LogP contribution in [0.1, 0.15) is 64.7 Å². The normalized spacial score (nSPS) is 32.5. The first-order valence-corrected chi connectivity index (χ1v) is 9.88. The number of likely N-dealkylation sites (tertiary alicyclic amines) is 1. The molecule has 0 bridgehead atoms. The molecule has 1 heterocycles. The van der Waals surface area contributed by atoms with Gasteiger partial charge in [0.05, 0.1) is 0 Å². The fraction of sp³-hybridized carbons (Fsp3) is 1.00. The van der Waals surface area contributed by atoms with Crippen molar-refractivity contribution >= 4 is 0 Å². The van der Waals surface area contributed by atoms with Crippen LogP contribution in [-0.2, 0) is 0 Å². The zero-order valence-corrected chi connectivity index (χ0v) is 14.5. The summed E-state index contributed by atoms with van der Waals surface area (Å²) in [4.78, 5) is 2.77. The standard InChI is InChI=1S/C19H36N2O/c1-2-19(17-7-8-17)21-13-16(9-10-22)11-18(14-21)20-12-15-5-3-4-6-15/h15-20,22H,2-14H2,1H3. The first-order chi connectivity index (χ1) is 10.8. The summed E-state index contributed by atoms with van der Waals surface area (Å²) < 4.78 is 0. The van der Waals surface area contributed by atoms with Gasteiger partial charge >= 0.3 is 0 Å². The lowest BCUT2D eigenvalue weighted by molar-refractivity contribution is 0.0721. The summed E-state index contributed by atoms with van der Waals surface area (Å²) in [5.74, 6) is 2.58. The lowest BCUT2D eigenvalue weighted by atomic mass is 9.89. The van der Waals surface area contributed by atoms with Gasteiger partial charge in [0.25, 0.3) is 0 Å². The fourth-order valence-corrected chi connectivity index (χ4v) is 4.97. The van der Waals surface area contributed by atoms with E-state index in [1.165, 1.54) is 71.0 Å². The second-order valence-electron chi connectivity index (χ2n) is 8.14. The van der Waals surface area contributed by atoms with E-state index >= 15 is 0 Å². The van der Waals surface area contributed by atoms with Crippen molar-refractivity contribution in [2.24, 2.45) is 17.8 Å². The van der Waals surface area contributed by atoms with Crippen LogP contribution in [0.2, 0.25) is 0 Å². The van der Waals surface area contributed by atoms with Crippen LogP contribution < -0.4 is 5.32 Å². The molecule has 3 fully saturated rings. The third kappa shape index (κ3) is 4.46. The Morgan fingerprint density at radius 3 is 2.50 bits per heavy atom. The Kier molecular flexibility index (Phi) is 6.17. The second kappa shape index (κ2) is 8.12. The van der Waals surface area contributed by atoms with Crippen molar-refractivity contribution in [3.05, 3.63) is 0 Å². The summed E-state index contributed by atoms with van der Waals surface area (Å²) in [7, 11) is 0. The molecule has 0 aromatic rings. The zero-order chi connectivity index (χ0) is 15.4. The fourth-order valence-electron chi connectivity index (χ4n) is 4.97. The van der Waals surface area contributed by atoms with Crippen LogP contribution in [0, 0.1) is 17.8 Å². The van der Waals surface area contributed by atoms with Crippen molar-refractivity contribution in [2.45, 2.75) is 76.8 Å². The molecule has 2 N–H and O–H groups in total. The highest BCUT2D eigenvalue weighted by Gasteiger charge is 2.38. The number of piperidine rings is 1. The van der Waals surface area contributed by atoms with Gasteiger partial charge in [0, 0.05) is 31.8 Å². The first kappa shape index (κ1) is 16.7. The van der Waals surface area contributed by atoms with Gasteiger partial charge in [0.2, 0.25) is 0 Å². The van der Waals surface area contributed by atoms with Crippen molar-refractivity contribution in [1.29, 1.82) is 0 Å². The van der Waals surface area contributed by atoms with Crippen molar-refractivity contribution in [1.82, 2.24) is 10.2 Å². The molecule has 22 heavy (non-hydrogen) atoms. The molecule has 128 valence electrons. The highest BCUT2D eigenvalue weighted by molar-refractivity contribution is 4.93. The molecule has 0 radical (unpaired) electrons. The van der Waals surface area contributed by atoms with E-state index in [0.717, 1.165) is 24.3 Å². The topological polar surface area (TPSA) is 35.5 Å². The smallest absolute Gasteiger partial charge is 0.0434 e. The molecule has 1 aliphatic heterocycles. The SMILES string of the molecule is CCC(C1CC1)N1CC(CCO)CC(NCC2CCCC2)C1. The van der Waals surface area contributed by atoms with Crippen LogP contribution in [0.25, 0.3) is 0 Å². The van der Waals surface area contributed by atoms with Gasteiger partial charge in [-0.3, -0.25) is 4.90 Å². The van der Waals surface area contributed by atoms with Gasteiger partial charge in [-0.2, -0.15) is 0 Å². The molecular weight excluding hydrogens is 272 g/mol. The molecule has 1 saturated heterocycles. The van der Waals surface area contributed by atoms with Gasteiger partial charge < -0.3 is 10.4 Å². The van der Waals surface area contributed by atoms with E-state index in [-0.39, 0.29) is 0 Å². The highest BCUT2D eigenvalue weighted by atomic mass is 16.3. The Bertz CT molecular complexity index is 325. The number of hydrogen-bond donors (Lipinski definition) is 2. The molecular formula is C19H36N2O. The zero-order valence-electron chi connectivity index (χ0n) is 14.5. The van der Waals surface area contributed by atoms with Crippen LogP contribution in [-0.4, -0.2) is 48.3 Å². The van der Waals surface area contributed by atoms with Gasteiger partial charge in [-0.25, -0.2) is 0 Å². The number of hydrogen-bond acceptors (Lipinski definition) is 3. The molecule has 0 aromatic carbocycles. The van der Waals surface area contributed by atoms with E-state index in [4.69, 9.17) is 0 Å². The van der Waals surface area contributed by atoms with Gasteiger partial charge in [-0.05, 0) is 69.2 Å². The van der Waals surface area contributed by atoms with Gasteiger partial charge in [-0.15, -0.1) is 0 Å². The minimum absolute atomic E-state index is 0.355. The lowest BCUT2D eigenvalue weighted by Crippen LogP contribution is -2.53. The van der Waals surface area contributed by atoms with Crippen LogP contribution in [0.15, 0.2) is 0 Å². The quantitative estimate of drug-likeness (QED) is 0.723. The van der Waals surface area contributed by atoms with E-state index in [2.05, 4.69) is 17.1 Å². The Hall–Kier alpha value is -0.120. The van der Waals surface area contributed by atoms with E-state index in [0.29, 0.717) is 18.6 Å². The van der Waals surface area contributed by atoms with E-state index < -0.39 is 0 Å². The number of aliphatic hydroxyl groups excluding tert-OH is 1. The Morgan fingerprint density at radius 2 is 1.86 bits per heavy atom. The Balaban J connectivity index is 1.53. The van der Waals surface area contributed by atoms with Crippen LogP contribution in [0.4, 0.5) is 0 Å². The third-order valence-electron chi connectivity index (χ3n) is 6.33. The summed E-state index contributed by atoms with van der Waals surface area (Å²) in [6.07, 6.45) is 12.2. The van der Waals surface area contributed by atoms with Crippen LogP contribution >= 0.6 is 0 Å². The maximum atomic E-state index is 9.37. The molecule has 0 spiro atoms. The Labute approximate surface area is 136 Å². The maximum Gasteiger partial charge on any atom is 0.0434 e. The minimum atomic E-state index is 0.355. The molecule has 3 atom stereocenters. The molecule has 3 unspecified atom stereocenters. The maximum absolute atomic E-state index is 9.37. The molecule has 3 heteroatoms. The molecule has 3 nitrogen and oxygen atoms in total. The first-order valence-electron chi connectivity index (χ1n) is 9.88. The summed E-state index contributed by atoms with van der Waals surface area (Å²) in [6, 6.07) is 1.45. The minimum Gasteiger partial charge on any atom is -0.396 e. The lowest BCUT2D eigenvalue weighted by Gasteiger charge is -2.42. The summed E-state index contributed by atoms with van der Waals surface area (Å²) in [6.45, 7) is 6.40. The van der Waals surface area contributed by atoms with Gasteiger partial charge in [-0.1, -0.05) is 19.8 Å². The van der Waals surface area contributed by atoms with E-state index in [9.17, 15) is 5.11 Å². The van der Waals surface area contributed by atoms with Crippen LogP contribution in [0.5, 0.6) is 0 Å². The average Bonchev–Trinajstić information content (AvgIpc) is 3.21. The molecule has 2 aliphatic carbocycles. The third-order valence-corrected chi connectivity index (χ3v) is 6.33. The Morgan fingerprint density at radius 1 is 1.09 bits per heavy atom. The van der Waals surface area contributed by atoms with Crippen molar-refractivity contribution in [3.63, 3.8) is 0 Å². The molecule has 2 saturated carbocycles. The number of rotatable bonds is 8. The monoisotopic (exact) mass is 308 g/mol. The predicted molar refractivity (Wildman–Crippen MR) is 91.9 cm³/mol. The summed E-state index contributed by atoms with van der Waals surface area (Å²) in [5.41, 5.74) is 0. The molecule has 0 aromatic heterocycles. The van der Waals surface area contributed by atoms with Gasteiger partial charge in [0.1, 0.15) is 0 Å². The molecule has 0 amide bonds. The second-order valence-corrected chi connectivity index (χ2v) is 8.14. The number of nitrogens with one attached hydrogen (secondary N) is 1. The van der Waals surface area contributed by atoms with E-state index in [1.54, 1.807) is 0 Å². The predicted octanol–water partition coefficient (Wildman–Crippen LogP) is 3.03. The summed E-state index contributed by atoms with van der Waals surface area (Å²) in [5, 5.41) is 13.3. The van der Waals surface area contributed by atoms with Gasteiger partial charge in [0.15, 0.2) is 0 Å². The molecule has 3 rings (SSSR count). The summed E-state index contributed by atoms with van der Waals surface area (Å²) >= 11 is 0.